The van der Waals surface area contributed by atoms with Crippen LogP contribution >= 0.6 is 0 Å². The number of hydrogen-bond donors (Lipinski definition) is 1. The molecule has 3 heteroatoms. The van der Waals surface area contributed by atoms with Crippen LogP contribution in [-0.4, -0.2) is 49.3 Å². The third kappa shape index (κ3) is 4.44. The lowest BCUT2D eigenvalue weighted by molar-refractivity contribution is -0.0784. The Morgan fingerprint density at radius 2 is 1.68 bits per heavy atom. The molecule has 3 nitrogen and oxygen atoms in total. The van der Waals surface area contributed by atoms with Crippen LogP contribution in [0.5, 0.6) is 0 Å². The highest BCUT2D eigenvalue weighted by Crippen LogP contribution is 2.30. The van der Waals surface area contributed by atoms with Gasteiger partial charge in [0.25, 0.3) is 0 Å². The summed E-state index contributed by atoms with van der Waals surface area (Å²) < 4.78 is 5.85. The highest BCUT2D eigenvalue weighted by atomic mass is 16.5. The van der Waals surface area contributed by atoms with Crippen molar-refractivity contribution in [3.63, 3.8) is 0 Å². The van der Waals surface area contributed by atoms with Gasteiger partial charge >= 0.3 is 0 Å². The summed E-state index contributed by atoms with van der Waals surface area (Å²) in [5, 5.41) is 3.75. The molecule has 2 aliphatic rings. The smallest absolute Gasteiger partial charge is 0.0678 e. The van der Waals surface area contributed by atoms with Gasteiger partial charge in [-0.25, -0.2) is 0 Å². The highest BCUT2D eigenvalue weighted by Gasteiger charge is 2.33. The van der Waals surface area contributed by atoms with Gasteiger partial charge in [0.05, 0.1) is 12.2 Å². The summed E-state index contributed by atoms with van der Waals surface area (Å²) in [5.41, 5.74) is 0.444. The van der Waals surface area contributed by atoms with Gasteiger partial charge in [0.15, 0.2) is 0 Å². The van der Waals surface area contributed by atoms with Crippen LogP contribution in [0.15, 0.2) is 0 Å². The molecule has 112 valence electrons. The topological polar surface area (TPSA) is 24.5 Å². The van der Waals surface area contributed by atoms with E-state index in [1.807, 2.05) is 0 Å². The summed E-state index contributed by atoms with van der Waals surface area (Å²) in [7, 11) is 0. The van der Waals surface area contributed by atoms with E-state index in [0.717, 1.165) is 19.1 Å². The Kier molecular flexibility index (Phi) is 5.27. The van der Waals surface area contributed by atoms with Crippen LogP contribution in [0.2, 0.25) is 0 Å². The van der Waals surface area contributed by atoms with Gasteiger partial charge in [0, 0.05) is 32.2 Å². The molecule has 0 amide bonds. The van der Waals surface area contributed by atoms with E-state index >= 15 is 0 Å². The van der Waals surface area contributed by atoms with Gasteiger partial charge in [-0.05, 0) is 44.9 Å². The van der Waals surface area contributed by atoms with E-state index in [0.29, 0.717) is 17.6 Å². The van der Waals surface area contributed by atoms with Crippen molar-refractivity contribution >= 4 is 0 Å². The van der Waals surface area contributed by atoms with Crippen LogP contribution in [0.25, 0.3) is 0 Å². The Balaban J connectivity index is 1.89. The minimum atomic E-state index is 0.381. The second-order valence-corrected chi connectivity index (χ2v) is 6.81. The van der Waals surface area contributed by atoms with Crippen molar-refractivity contribution in [1.29, 1.82) is 0 Å². The summed E-state index contributed by atoms with van der Waals surface area (Å²) in [4.78, 5) is 2.63. The first kappa shape index (κ1) is 15.3. The molecular weight excluding hydrogens is 236 g/mol. The SMILES string of the molecule is CCC(CC)(CNC1CC1)CN1C[C@@H](C)O[C@@H](C)C1. The van der Waals surface area contributed by atoms with E-state index in [1.165, 1.54) is 38.8 Å². The van der Waals surface area contributed by atoms with E-state index in [2.05, 4.69) is 37.9 Å². The van der Waals surface area contributed by atoms with Crippen LogP contribution in [0, 0.1) is 5.41 Å². The van der Waals surface area contributed by atoms with Crippen molar-refractivity contribution < 1.29 is 4.74 Å². The Labute approximate surface area is 119 Å². The molecule has 0 bridgehead atoms. The van der Waals surface area contributed by atoms with Gasteiger partial charge in [-0.3, -0.25) is 4.90 Å². The lowest BCUT2D eigenvalue weighted by atomic mass is 9.81. The molecule has 2 rings (SSSR count). The van der Waals surface area contributed by atoms with E-state index in [1.54, 1.807) is 0 Å². The fourth-order valence-corrected chi connectivity index (χ4v) is 3.32. The minimum Gasteiger partial charge on any atom is -0.373 e. The maximum Gasteiger partial charge on any atom is 0.0678 e. The van der Waals surface area contributed by atoms with E-state index < -0.39 is 0 Å². The predicted octanol–water partition coefficient (Wildman–Crippen LogP) is 2.65. The fraction of sp³-hybridized carbons (Fsp3) is 1.00. The highest BCUT2D eigenvalue weighted by molar-refractivity contribution is 4.89. The summed E-state index contributed by atoms with van der Waals surface area (Å²) in [6, 6.07) is 0.819. The monoisotopic (exact) mass is 268 g/mol. The van der Waals surface area contributed by atoms with Gasteiger partial charge in [-0.2, -0.15) is 0 Å². The standard InChI is InChI=1S/C16H32N2O/c1-5-16(6-2,11-17-15-7-8-15)12-18-9-13(3)19-14(4)10-18/h13-15,17H,5-12H2,1-4H3/t13-,14+. The van der Waals surface area contributed by atoms with Crippen LogP contribution in [-0.2, 0) is 4.74 Å². The van der Waals surface area contributed by atoms with E-state index in [9.17, 15) is 0 Å². The van der Waals surface area contributed by atoms with Crippen molar-refractivity contribution in [3.05, 3.63) is 0 Å². The quantitative estimate of drug-likeness (QED) is 0.768. The molecule has 19 heavy (non-hydrogen) atoms. The first-order valence-corrected chi connectivity index (χ1v) is 8.18. The summed E-state index contributed by atoms with van der Waals surface area (Å²) in [5.74, 6) is 0. The van der Waals surface area contributed by atoms with Gasteiger partial charge in [-0.15, -0.1) is 0 Å². The van der Waals surface area contributed by atoms with E-state index in [4.69, 9.17) is 4.74 Å². The zero-order valence-corrected chi connectivity index (χ0v) is 13.2. The summed E-state index contributed by atoms with van der Waals surface area (Å²) >= 11 is 0. The van der Waals surface area contributed by atoms with Gasteiger partial charge < -0.3 is 10.1 Å². The van der Waals surface area contributed by atoms with Crippen molar-refractivity contribution in [2.24, 2.45) is 5.41 Å². The number of hydrogen-bond acceptors (Lipinski definition) is 3. The fourth-order valence-electron chi connectivity index (χ4n) is 3.32. The normalized spacial score (nSPS) is 29.7. The van der Waals surface area contributed by atoms with Crippen molar-refractivity contribution in [2.45, 2.75) is 71.6 Å². The third-order valence-electron chi connectivity index (χ3n) is 4.90. The van der Waals surface area contributed by atoms with Gasteiger partial charge in [0.1, 0.15) is 0 Å². The molecule has 0 spiro atoms. The molecule has 1 N–H and O–H groups in total. The average molecular weight is 268 g/mol. The largest absolute Gasteiger partial charge is 0.373 e. The molecule has 1 saturated carbocycles. The van der Waals surface area contributed by atoms with Crippen molar-refractivity contribution in [2.75, 3.05) is 26.2 Å². The first-order chi connectivity index (χ1) is 9.07. The number of morpholine rings is 1. The molecule has 0 radical (unpaired) electrons. The molecule has 1 aliphatic carbocycles. The first-order valence-electron chi connectivity index (χ1n) is 8.18. The second kappa shape index (κ2) is 6.55. The number of ether oxygens (including phenoxy) is 1. The predicted molar refractivity (Wildman–Crippen MR) is 80.5 cm³/mol. The number of nitrogens with one attached hydrogen (secondary N) is 1. The maximum absolute atomic E-state index is 5.85. The molecule has 0 aromatic heterocycles. The van der Waals surface area contributed by atoms with Gasteiger partial charge in [-0.1, -0.05) is 13.8 Å². The Morgan fingerprint density at radius 3 is 2.16 bits per heavy atom. The Morgan fingerprint density at radius 1 is 1.11 bits per heavy atom. The molecule has 2 atom stereocenters. The lowest BCUT2D eigenvalue weighted by Crippen LogP contribution is -2.51. The summed E-state index contributed by atoms with van der Waals surface area (Å²) in [6.07, 6.45) is 6.06. The average Bonchev–Trinajstić information content (AvgIpc) is 3.17. The zero-order chi connectivity index (χ0) is 13.9. The summed E-state index contributed by atoms with van der Waals surface area (Å²) in [6.45, 7) is 13.7. The van der Waals surface area contributed by atoms with Crippen molar-refractivity contribution in [3.8, 4) is 0 Å². The maximum atomic E-state index is 5.85. The van der Waals surface area contributed by atoms with Gasteiger partial charge in [0.2, 0.25) is 0 Å². The Bertz CT molecular complexity index is 264. The molecular formula is C16H32N2O. The minimum absolute atomic E-state index is 0.381. The third-order valence-corrected chi connectivity index (χ3v) is 4.90. The number of nitrogens with zero attached hydrogens (tertiary/aromatic N) is 1. The second-order valence-electron chi connectivity index (χ2n) is 6.81. The Hall–Kier alpha value is -0.120. The number of rotatable bonds is 7. The van der Waals surface area contributed by atoms with E-state index in [-0.39, 0.29) is 0 Å². The lowest BCUT2D eigenvalue weighted by Gasteiger charge is -2.42. The molecule has 0 aromatic rings. The van der Waals surface area contributed by atoms with Crippen LogP contribution < -0.4 is 5.32 Å². The molecule has 0 unspecified atom stereocenters. The zero-order valence-electron chi connectivity index (χ0n) is 13.2. The molecule has 2 fully saturated rings. The molecule has 0 aromatic carbocycles. The van der Waals surface area contributed by atoms with Crippen molar-refractivity contribution in [1.82, 2.24) is 10.2 Å². The van der Waals surface area contributed by atoms with Crippen LogP contribution in [0.4, 0.5) is 0 Å². The molecule has 1 heterocycles. The van der Waals surface area contributed by atoms with Crippen LogP contribution in [0.3, 0.4) is 0 Å². The van der Waals surface area contributed by atoms with Crippen LogP contribution in [0.1, 0.15) is 53.4 Å². The molecule has 1 saturated heterocycles. The molecule has 1 aliphatic heterocycles.